The number of aryl methyl sites for hydroxylation is 2. The molecule has 0 aliphatic heterocycles. The lowest BCUT2D eigenvalue weighted by atomic mass is 9.86. The quantitative estimate of drug-likeness (QED) is 0.480. The fraction of sp³-hybridized carbons (Fsp3) is 0.400. The van der Waals surface area contributed by atoms with Crippen molar-refractivity contribution in [1.29, 1.82) is 0 Å². The maximum absolute atomic E-state index is 4.04. The average molecular weight is 403 g/mol. The monoisotopic (exact) mass is 402 g/mol. The van der Waals surface area contributed by atoms with Crippen molar-refractivity contribution in [3.8, 4) is 0 Å². The third kappa shape index (κ3) is 6.87. The first-order chi connectivity index (χ1) is 14.1. The highest BCUT2D eigenvalue weighted by molar-refractivity contribution is 5.77. The lowest BCUT2D eigenvalue weighted by Gasteiger charge is -2.19. The molecule has 0 N–H and O–H groups in total. The number of allylic oxidation sites excluding steroid dienone is 5. The van der Waals surface area contributed by atoms with Gasteiger partial charge in [0.2, 0.25) is 0 Å². The standard InChI is InChI=1S/C16H18.C12H18.C2H6/c1-11(2)14-9-10-16(13(14)4)15-8-6-5-7-12(15)3;1-5-10-7-6-8-11(9-10)12(2,3)4;1-2/h5-10,13H,1H2,2-4H3;6-9H,5H2,1-4H3;1-2H3. The van der Waals surface area contributed by atoms with Gasteiger partial charge in [-0.05, 0) is 59.1 Å². The third-order valence-electron chi connectivity index (χ3n) is 5.53. The van der Waals surface area contributed by atoms with E-state index in [9.17, 15) is 0 Å². The zero-order chi connectivity index (χ0) is 22.9. The smallest absolute Gasteiger partial charge is 0.00694 e. The van der Waals surface area contributed by atoms with Crippen molar-refractivity contribution in [3.05, 3.63) is 101 Å². The van der Waals surface area contributed by atoms with E-state index in [0.717, 1.165) is 6.42 Å². The molecule has 0 nitrogen and oxygen atoms in total. The van der Waals surface area contributed by atoms with Crippen LogP contribution in [-0.2, 0) is 11.8 Å². The first-order valence-corrected chi connectivity index (χ1v) is 11.4. The summed E-state index contributed by atoms with van der Waals surface area (Å²) in [6.07, 6.45) is 5.57. The molecule has 1 aliphatic carbocycles. The summed E-state index contributed by atoms with van der Waals surface area (Å²) in [5, 5.41) is 0. The van der Waals surface area contributed by atoms with E-state index in [1.807, 2.05) is 13.8 Å². The predicted octanol–water partition coefficient (Wildman–Crippen LogP) is 9.10. The van der Waals surface area contributed by atoms with Gasteiger partial charge in [-0.1, -0.05) is 121 Å². The molecule has 2 aromatic carbocycles. The summed E-state index contributed by atoms with van der Waals surface area (Å²) in [7, 11) is 0. The van der Waals surface area contributed by atoms with Crippen LogP contribution in [0.5, 0.6) is 0 Å². The molecule has 30 heavy (non-hydrogen) atoms. The largest absolute Gasteiger partial charge is 0.0958 e. The normalized spacial score (nSPS) is 15.2. The van der Waals surface area contributed by atoms with Gasteiger partial charge in [-0.25, -0.2) is 0 Å². The van der Waals surface area contributed by atoms with Gasteiger partial charge in [0.05, 0.1) is 0 Å². The van der Waals surface area contributed by atoms with Gasteiger partial charge in [0.25, 0.3) is 0 Å². The first-order valence-electron chi connectivity index (χ1n) is 11.4. The molecule has 0 saturated heterocycles. The molecule has 1 unspecified atom stereocenters. The van der Waals surface area contributed by atoms with Gasteiger partial charge in [0.1, 0.15) is 0 Å². The first kappa shape index (κ1) is 25.7. The van der Waals surface area contributed by atoms with Crippen molar-refractivity contribution in [3.63, 3.8) is 0 Å². The molecule has 1 aliphatic rings. The minimum absolute atomic E-state index is 0.283. The zero-order valence-corrected chi connectivity index (χ0v) is 20.8. The maximum atomic E-state index is 4.04. The molecule has 0 spiro atoms. The Balaban J connectivity index is 0.000000287. The van der Waals surface area contributed by atoms with Gasteiger partial charge in [-0.2, -0.15) is 0 Å². The second kappa shape index (κ2) is 11.7. The molecule has 162 valence electrons. The Bertz CT molecular complexity index is 884. The minimum atomic E-state index is 0.283. The number of hydrogen-bond acceptors (Lipinski definition) is 0. The summed E-state index contributed by atoms with van der Waals surface area (Å²) in [5.74, 6) is 0.471. The average Bonchev–Trinajstić information content (AvgIpc) is 3.11. The summed E-state index contributed by atoms with van der Waals surface area (Å²) < 4.78 is 0. The van der Waals surface area contributed by atoms with Crippen molar-refractivity contribution in [2.45, 2.75) is 74.1 Å². The van der Waals surface area contributed by atoms with Crippen LogP contribution in [0.4, 0.5) is 0 Å². The molecule has 0 fully saturated rings. The van der Waals surface area contributed by atoms with Crippen molar-refractivity contribution in [1.82, 2.24) is 0 Å². The van der Waals surface area contributed by atoms with Crippen LogP contribution in [0, 0.1) is 12.8 Å². The molecule has 2 aromatic rings. The van der Waals surface area contributed by atoms with Crippen LogP contribution in [-0.4, -0.2) is 0 Å². The summed E-state index contributed by atoms with van der Waals surface area (Å²) in [4.78, 5) is 0. The second-order valence-corrected chi connectivity index (χ2v) is 8.86. The van der Waals surface area contributed by atoms with Crippen molar-refractivity contribution >= 4 is 5.57 Å². The fourth-order valence-electron chi connectivity index (χ4n) is 3.63. The van der Waals surface area contributed by atoms with Gasteiger partial charge in [-0.3, -0.25) is 0 Å². The lowest BCUT2D eigenvalue weighted by molar-refractivity contribution is 0.589. The predicted molar refractivity (Wildman–Crippen MR) is 137 cm³/mol. The van der Waals surface area contributed by atoms with E-state index in [0.29, 0.717) is 5.92 Å². The Morgan fingerprint density at radius 3 is 2.10 bits per heavy atom. The molecule has 0 bridgehead atoms. The van der Waals surface area contributed by atoms with Crippen LogP contribution in [0.3, 0.4) is 0 Å². The van der Waals surface area contributed by atoms with Crippen molar-refractivity contribution in [2.75, 3.05) is 0 Å². The van der Waals surface area contributed by atoms with E-state index in [-0.39, 0.29) is 5.41 Å². The van der Waals surface area contributed by atoms with E-state index < -0.39 is 0 Å². The summed E-state index contributed by atoms with van der Waals surface area (Å²) >= 11 is 0. The van der Waals surface area contributed by atoms with Gasteiger partial charge >= 0.3 is 0 Å². The molecule has 0 heterocycles. The Morgan fingerprint density at radius 2 is 1.60 bits per heavy atom. The van der Waals surface area contributed by atoms with Crippen LogP contribution >= 0.6 is 0 Å². The molecular formula is C30H42. The number of hydrogen-bond donors (Lipinski definition) is 0. The number of rotatable bonds is 3. The SMILES string of the molecule is C=C(C)C1=CC=C(c2ccccc2C)C1C.CC.CCc1cccc(C(C)(C)C)c1. The Kier molecular flexibility index (Phi) is 10.1. The fourth-order valence-corrected chi connectivity index (χ4v) is 3.63. The highest BCUT2D eigenvalue weighted by atomic mass is 14.2. The molecule has 3 rings (SSSR count). The van der Waals surface area contributed by atoms with E-state index in [4.69, 9.17) is 0 Å². The van der Waals surface area contributed by atoms with Crippen LogP contribution in [0.1, 0.15) is 77.6 Å². The number of benzene rings is 2. The van der Waals surface area contributed by atoms with Gasteiger partial charge in [0.15, 0.2) is 0 Å². The van der Waals surface area contributed by atoms with Gasteiger partial charge in [0, 0.05) is 5.92 Å². The van der Waals surface area contributed by atoms with E-state index >= 15 is 0 Å². The van der Waals surface area contributed by atoms with E-state index in [1.54, 1.807) is 0 Å². The van der Waals surface area contributed by atoms with E-state index in [1.165, 1.54) is 39.0 Å². The molecule has 0 saturated carbocycles. The van der Waals surface area contributed by atoms with Gasteiger partial charge < -0.3 is 0 Å². The van der Waals surface area contributed by atoms with Crippen LogP contribution in [0.15, 0.2) is 78.4 Å². The Hall–Kier alpha value is -2.34. The molecule has 0 aromatic heterocycles. The van der Waals surface area contributed by atoms with Crippen molar-refractivity contribution in [2.24, 2.45) is 5.92 Å². The summed E-state index contributed by atoms with van der Waals surface area (Å²) in [6, 6.07) is 17.4. The van der Waals surface area contributed by atoms with Crippen LogP contribution in [0.2, 0.25) is 0 Å². The molecule has 1 atom stereocenters. The van der Waals surface area contributed by atoms with Gasteiger partial charge in [-0.15, -0.1) is 0 Å². The van der Waals surface area contributed by atoms with Crippen molar-refractivity contribution < 1.29 is 0 Å². The Labute approximate surface area is 186 Å². The lowest BCUT2D eigenvalue weighted by Crippen LogP contribution is -2.10. The summed E-state index contributed by atoms with van der Waals surface area (Å²) in [6.45, 7) is 23.5. The Morgan fingerprint density at radius 1 is 0.967 bits per heavy atom. The molecule has 0 radical (unpaired) electrons. The highest BCUT2D eigenvalue weighted by Crippen LogP contribution is 2.37. The second-order valence-electron chi connectivity index (χ2n) is 8.86. The topological polar surface area (TPSA) is 0 Å². The highest BCUT2D eigenvalue weighted by Gasteiger charge is 2.20. The third-order valence-corrected chi connectivity index (χ3v) is 5.53. The van der Waals surface area contributed by atoms with Crippen LogP contribution in [0.25, 0.3) is 5.57 Å². The molecule has 0 heteroatoms. The zero-order valence-electron chi connectivity index (χ0n) is 20.8. The maximum Gasteiger partial charge on any atom is 0.00694 e. The minimum Gasteiger partial charge on any atom is -0.0958 e. The molecule has 0 amide bonds. The summed E-state index contributed by atoms with van der Waals surface area (Å²) in [5.41, 5.74) is 9.80. The van der Waals surface area contributed by atoms with E-state index in [2.05, 4.69) is 116 Å². The van der Waals surface area contributed by atoms with Crippen LogP contribution < -0.4 is 0 Å². The molecular weight excluding hydrogens is 360 g/mol.